The van der Waals surface area contributed by atoms with Crippen LogP contribution in [-0.2, 0) is 9.59 Å². The Morgan fingerprint density at radius 2 is 1.85 bits per heavy atom. The van der Waals surface area contributed by atoms with E-state index in [2.05, 4.69) is 10.6 Å². The molecule has 0 aliphatic carbocycles. The molecular formula is C14H21N3O3. The van der Waals surface area contributed by atoms with Gasteiger partial charge in [0.15, 0.2) is 0 Å². The number of amides is 2. The highest BCUT2D eigenvalue weighted by Gasteiger charge is 2.20. The van der Waals surface area contributed by atoms with Gasteiger partial charge in [-0.15, -0.1) is 0 Å². The molecule has 1 rings (SSSR count). The summed E-state index contributed by atoms with van der Waals surface area (Å²) < 4.78 is 5.03. The number of carbonyl (C=O) groups is 2. The largest absolute Gasteiger partial charge is 0.497 e. The van der Waals surface area contributed by atoms with Gasteiger partial charge in [-0.25, -0.2) is 0 Å². The number of rotatable bonds is 7. The molecule has 1 aromatic carbocycles. The molecule has 0 aliphatic rings. The molecule has 1 aromatic rings. The maximum atomic E-state index is 11.8. The number of nitrogens with one attached hydrogen (secondary N) is 2. The minimum atomic E-state index is -0.511. The average Bonchev–Trinajstić information content (AvgIpc) is 2.36. The van der Waals surface area contributed by atoms with Crippen LogP contribution in [0.4, 0.5) is 5.69 Å². The standard InChI is InChI=1S/C14H21N3O3/c1-14(2,8-12(15)18)16-9-13(19)17-10-4-6-11(20-3)7-5-10/h4-7,16H,8-9H2,1-3H3,(H2,15,18)(H,17,19). The van der Waals surface area contributed by atoms with Crippen molar-refractivity contribution in [1.29, 1.82) is 0 Å². The third-order valence-corrected chi connectivity index (χ3v) is 2.72. The summed E-state index contributed by atoms with van der Waals surface area (Å²) in [5.74, 6) is 0.134. The highest BCUT2D eigenvalue weighted by atomic mass is 16.5. The first-order chi connectivity index (χ1) is 9.32. The summed E-state index contributed by atoms with van der Waals surface area (Å²) in [6.45, 7) is 3.74. The molecule has 0 unspecified atom stereocenters. The Kier molecular flexibility index (Phi) is 5.52. The van der Waals surface area contributed by atoms with Gasteiger partial charge in [-0.3, -0.25) is 9.59 Å². The van der Waals surface area contributed by atoms with Crippen LogP contribution in [0.15, 0.2) is 24.3 Å². The molecule has 2 amide bonds. The number of anilines is 1. The van der Waals surface area contributed by atoms with Gasteiger partial charge < -0.3 is 21.1 Å². The van der Waals surface area contributed by atoms with Crippen molar-refractivity contribution in [3.8, 4) is 5.75 Å². The Balaban J connectivity index is 2.45. The molecule has 0 bridgehead atoms. The first-order valence-electron chi connectivity index (χ1n) is 6.29. The predicted octanol–water partition coefficient (Wildman–Crippen LogP) is 0.877. The van der Waals surface area contributed by atoms with Gasteiger partial charge in [-0.2, -0.15) is 0 Å². The lowest BCUT2D eigenvalue weighted by Crippen LogP contribution is -2.46. The van der Waals surface area contributed by atoms with Crippen LogP contribution in [0, 0.1) is 0 Å². The maximum absolute atomic E-state index is 11.8. The molecule has 0 spiro atoms. The monoisotopic (exact) mass is 279 g/mol. The quantitative estimate of drug-likeness (QED) is 0.690. The second-order valence-electron chi connectivity index (χ2n) is 5.16. The normalized spacial score (nSPS) is 10.9. The molecule has 0 radical (unpaired) electrons. The minimum Gasteiger partial charge on any atom is -0.497 e. The first kappa shape index (κ1) is 16.0. The van der Waals surface area contributed by atoms with Crippen molar-refractivity contribution < 1.29 is 14.3 Å². The number of methoxy groups -OCH3 is 1. The fourth-order valence-corrected chi connectivity index (χ4v) is 1.70. The summed E-state index contributed by atoms with van der Waals surface area (Å²) in [7, 11) is 1.58. The van der Waals surface area contributed by atoms with Gasteiger partial charge >= 0.3 is 0 Å². The van der Waals surface area contributed by atoms with Gasteiger partial charge in [0.05, 0.1) is 13.7 Å². The zero-order valence-electron chi connectivity index (χ0n) is 12.0. The van der Waals surface area contributed by atoms with Gasteiger partial charge in [0, 0.05) is 17.6 Å². The molecule has 20 heavy (non-hydrogen) atoms. The van der Waals surface area contributed by atoms with Crippen LogP contribution in [0.25, 0.3) is 0 Å². The lowest BCUT2D eigenvalue weighted by molar-refractivity contribution is -0.120. The Labute approximate surface area is 118 Å². The van der Waals surface area contributed by atoms with Crippen LogP contribution in [0.2, 0.25) is 0 Å². The van der Waals surface area contributed by atoms with E-state index in [1.165, 1.54) is 0 Å². The van der Waals surface area contributed by atoms with Crippen molar-refractivity contribution in [2.75, 3.05) is 19.0 Å². The lowest BCUT2D eigenvalue weighted by atomic mass is 10.0. The molecule has 0 aliphatic heterocycles. The molecule has 110 valence electrons. The second kappa shape index (κ2) is 6.91. The molecule has 0 fully saturated rings. The van der Waals surface area contributed by atoms with E-state index in [1.807, 2.05) is 13.8 Å². The van der Waals surface area contributed by atoms with E-state index in [9.17, 15) is 9.59 Å². The summed E-state index contributed by atoms with van der Waals surface area (Å²) in [5, 5.41) is 5.74. The smallest absolute Gasteiger partial charge is 0.238 e. The topological polar surface area (TPSA) is 93.4 Å². The van der Waals surface area contributed by atoms with Crippen LogP contribution in [0.3, 0.4) is 0 Å². The number of carbonyl (C=O) groups excluding carboxylic acids is 2. The number of hydrogen-bond acceptors (Lipinski definition) is 4. The van der Waals surface area contributed by atoms with E-state index >= 15 is 0 Å². The van der Waals surface area contributed by atoms with Gasteiger partial charge in [-0.05, 0) is 38.1 Å². The predicted molar refractivity (Wildman–Crippen MR) is 77.5 cm³/mol. The molecule has 0 aromatic heterocycles. The number of primary amides is 1. The van der Waals surface area contributed by atoms with Crippen LogP contribution in [-0.4, -0.2) is 31.0 Å². The third kappa shape index (κ3) is 5.71. The number of hydrogen-bond donors (Lipinski definition) is 3. The molecule has 6 heteroatoms. The molecule has 0 saturated carbocycles. The highest BCUT2D eigenvalue weighted by molar-refractivity contribution is 5.92. The second-order valence-corrected chi connectivity index (χ2v) is 5.16. The zero-order valence-corrected chi connectivity index (χ0v) is 12.0. The van der Waals surface area contributed by atoms with Gasteiger partial charge in [0.25, 0.3) is 0 Å². The maximum Gasteiger partial charge on any atom is 0.238 e. The summed E-state index contributed by atoms with van der Waals surface area (Å²) in [6.07, 6.45) is 0.169. The third-order valence-electron chi connectivity index (χ3n) is 2.72. The van der Waals surface area contributed by atoms with Crippen molar-refractivity contribution in [2.24, 2.45) is 5.73 Å². The van der Waals surface area contributed by atoms with E-state index in [1.54, 1.807) is 31.4 Å². The van der Waals surface area contributed by atoms with Crippen molar-refractivity contribution in [3.05, 3.63) is 24.3 Å². The van der Waals surface area contributed by atoms with Crippen LogP contribution >= 0.6 is 0 Å². The van der Waals surface area contributed by atoms with Crippen molar-refractivity contribution in [1.82, 2.24) is 5.32 Å². The van der Waals surface area contributed by atoms with E-state index in [4.69, 9.17) is 10.5 Å². The summed E-state index contributed by atoms with van der Waals surface area (Å²) in [6, 6.07) is 7.04. The van der Waals surface area contributed by atoms with Gasteiger partial charge in [0.1, 0.15) is 5.75 Å². The summed E-state index contributed by atoms with van der Waals surface area (Å²) in [5.41, 5.74) is 5.32. The van der Waals surface area contributed by atoms with Crippen molar-refractivity contribution in [3.63, 3.8) is 0 Å². The molecule has 6 nitrogen and oxygen atoms in total. The average molecular weight is 279 g/mol. The van der Waals surface area contributed by atoms with E-state index in [0.29, 0.717) is 5.69 Å². The molecule has 0 atom stereocenters. The van der Waals surface area contributed by atoms with Gasteiger partial charge in [-0.1, -0.05) is 0 Å². The first-order valence-corrected chi connectivity index (χ1v) is 6.29. The summed E-state index contributed by atoms with van der Waals surface area (Å²) >= 11 is 0. The van der Waals surface area contributed by atoms with Crippen LogP contribution < -0.4 is 21.1 Å². The number of nitrogens with two attached hydrogens (primary N) is 1. The van der Waals surface area contributed by atoms with Gasteiger partial charge in [0.2, 0.25) is 11.8 Å². The number of ether oxygens (including phenoxy) is 1. The lowest BCUT2D eigenvalue weighted by Gasteiger charge is -2.24. The molecule has 0 saturated heterocycles. The highest BCUT2D eigenvalue weighted by Crippen LogP contribution is 2.14. The SMILES string of the molecule is COc1ccc(NC(=O)CNC(C)(C)CC(N)=O)cc1. The van der Waals surface area contributed by atoms with E-state index in [0.717, 1.165) is 5.75 Å². The molecule has 0 heterocycles. The fraction of sp³-hybridized carbons (Fsp3) is 0.429. The Morgan fingerprint density at radius 1 is 1.25 bits per heavy atom. The number of benzene rings is 1. The fourth-order valence-electron chi connectivity index (χ4n) is 1.70. The summed E-state index contributed by atoms with van der Waals surface area (Å²) in [4.78, 5) is 22.7. The molecule has 4 N–H and O–H groups in total. The minimum absolute atomic E-state index is 0.103. The zero-order chi connectivity index (χ0) is 15.2. The van der Waals surface area contributed by atoms with Crippen molar-refractivity contribution >= 4 is 17.5 Å². The Morgan fingerprint density at radius 3 is 2.35 bits per heavy atom. The Hall–Kier alpha value is -2.08. The molecular weight excluding hydrogens is 258 g/mol. The van der Waals surface area contributed by atoms with Crippen LogP contribution in [0.1, 0.15) is 20.3 Å². The van der Waals surface area contributed by atoms with Crippen molar-refractivity contribution in [2.45, 2.75) is 25.8 Å². The van der Waals surface area contributed by atoms with E-state index in [-0.39, 0.29) is 18.9 Å². The Bertz CT molecular complexity index is 469. The van der Waals surface area contributed by atoms with E-state index < -0.39 is 11.4 Å². The van der Waals surface area contributed by atoms with Crippen LogP contribution in [0.5, 0.6) is 5.75 Å².